The van der Waals surface area contributed by atoms with E-state index in [1.807, 2.05) is 19.9 Å². The number of benzene rings is 1. The molecule has 1 aliphatic heterocycles. The Balaban J connectivity index is 2.41. The lowest BCUT2D eigenvalue weighted by Crippen LogP contribution is -2.54. The van der Waals surface area contributed by atoms with Crippen molar-refractivity contribution in [3.63, 3.8) is 0 Å². The van der Waals surface area contributed by atoms with Crippen molar-refractivity contribution in [2.45, 2.75) is 45.3 Å². The van der Waals surface area contributed by atoms with Crippen molar-refractivity contribution in [3.8, 4) is 11.5 Å². The van der Waals surface area contributed by atoms with Gasteiger partial charge in [-0.05, 0) is 31.9 Å². The van der Waals surface area contributed by atoms with Gasteiger partial charge in [-0.3, -0.25) is 0 Å². The molecule has 0 fully saturated rings. The first-order chi connectivity index (χ1) is 10.2. The summed E-state index contributed by atoms with van der Waals surface area (Å²) in [4.78, 5) is 12.2. The molecule has 1 atom stereocenters. The summed E-state index contributed by atoms with van der Waals surface area (Å²) in [5.41, 5.74) is 5.24. The molecule has 1 unspecified atom stereocenters. The highest BCUT2D eigenvalue weighted by Crippen LogP contribution is 2.44. The van der Waals surface area contributed by atoms with E-state index >= 15 is 0 Å². The van der Waals surface area contributed by atoms with Crippen LogP contribution in [0.15, 0.2) is 18.2 Å². The smallest absolute Gasteiger partial charge is 0.330 e. The number of rotatable bonds is 4. The fourth-order valence-corrected chi connectivity index (χ4v) is 2.77. The van der Waals surface area contributed by atoms with E-state index in [0.29, 0.717) is 36.0 Å². The topological polar surface area (TPSA) is 70.8 Å². The maximum Gasteiger partial charge on any atom is 0.330 e. The predicted octanol–water partition coefficient (Wildman–Crippen LogP) is 2.61. The van der Waals surface area contributed by atoms with E-state index in [1.165, 1.54) is 7.11 Å². The first-order valence-electron chi connectivity index (χ1n) is 7.51. The predicted molar refractivity (Wildman–Crippen MR) is 84.0 cm³/mol. The van der Waals surface area contributed by atoms with Crippen LogP contribution in [0.3, 0.4) is 0 Å². The molecule has 1 aromatic carbocycles. The molecule has 2 N–H and O–H groups in total. The Kier molecular flexibility index (Phi) is 4.38. The summed E-state index contributed by atoms with van der Waals surface area (Å²) in [6.45, 7) is 8.59. The van der Waals surface area contributed by atoms with E-state index in [-0.39, 0.29) is 0 Å². The quantitative estimate of drug-likeness (QED) is 0.866. The lowest BCUT2D eigenvalue weighted by Gasteiger charge is -2.42. The van der Waals surface area contributed by atoms with E-state index in [4.69, 9.17) is 19.9 Å². The third-order valence-corrected chi connectivity index (χ3v) is 3.66. The Labute approximate surface area is 131 Å². The molecule has 0 radical (unpaired) electrons. The number of carbonyl (C=O) groups excluding carboxylic acids is 1. The van der Waals surface area contributed by atoms with Gasteiger partial charge in [-0.1, -0.05) is 13.8 Å². The molecular formula is C17H25NO4. The Morgan fingerprint density at radius 3 is 2.68 bits per heavy atom. The molecule has 5 nitrogen and oxygen atoms in total. The number of methoxy groups -OCH3 is 1. The van der Waals surface area contributed by atoms with Crippen molar-refractivity contribution >= 4 is 5.97 Å². The van der Waals surface area contributed by atoms with Crippen LogP contribution in [0.1, 0.15) is 39.7 Å². The molecule has 1 aliphatic rings. The Hall–Kier alpha value is -1.75. The van der Waals surface area contributed by atoms with Gasteiger partial charge in [0.25, 0.3) is 0 Å². The molecular weight excluding hydrogens is 282 g/mol. The maximum atomic E-state index is 12.2. The minimum Gasteiger partial charge on any atom is -0.493 e. The zero-order valence-electron chi connectivity index (χ0n) is 13.9. The Morgan fingerprint density at radius 1 is 1.41 bits per heavy atom. The molecule has 0 aromatic heterocycles. The molecule has 0 spiro atoms. The van der Waals surface area contributed by atoms with Gasteiger partial charge in [0.2, 0.25) is 0 Å². The largest absolute Gasteiger partial charge is 0.493 e. The van der Waals surface area contributed by atoms with Crippen molar-refractivity contribution in [2.24, 2.45) is 11.7 Å². The number of fused-ring (bicyclic) bond motifs is 1. The first-order valence-corrected chi connectivity index (χ1v) is 7.51. The zero-order valence-corrected chi connectivity index (χ0v) is 13.9. The number of hydrogen-bond donors (Lipinski definition) is 1. The van der Waals surface area contributed by atoms with Gasteiger partial charge in [0.1, 0.15) is 22.6 Å². The van der Waals surface area contributed by atoms with Gasteiger partial charge >= 0.3 is 5.97 Å². The van der Waals surface area contributed by atoms with Crippen LogP contribution in [-0.2, 0) is 15.1 Å². The molecule has 0 aliphatic carbocycles. The second kappa shape index (κ2) is 5.80. The molecule has 0 bridgehead atoms. The van der Waals surface area contributed by atoms with E-state index in [9.17, 15) is 4.79 Å². The van der Waals surface area contributed by atoms with Crippen molar-refractivity contribution in [3.05, 3.63) is 23.8 Å². The molecule has 1 heterocycles. The summed E-state index contributed by atoms with van der Waals surface area (Å²) in [7, 11) is 1.35. The van der Waals surface area contributed by atoms with Crippen LogP contribution in [0.25, 0.3) is 0 Å². The zero-order chi connectivity index (χ0) is 16.5. The van der Waals surface area contributed by atoms with E-state index in [0.717, 1.165) is 0 Å². The molecule has 0 saturated heterocycles. The third-order valence-electron chi connectivity index (χ3n) is 3.66. The molecule has 122 valence electrons. The molecule has 0 saturated carbocycles. The summed E-state index contributed by atoms with van der Waals surface area (Å²) in [5, 5.41) is 0. The van der Waals surface area contributed by atoms with Crippen molar-refractivity contribution in [2.75, 3.05) is 13.7 Å². The lowest BCUT2D eigenvalue weighted by atomic mass is 9.78. The number of carbonyl (C=O) groups is 1. The molecule has 5 heteroatoms. The fraction of sp³-hybridized carbons (Fsp3) is 0.588. The first kappa shape index (κ1) is 16.6. The fourth-order valence-electron chi connectivity index (χ4n) is 2.77. The average molecular weight is 307 g/mol. The van der Waals surface area contributed by atoms with Gasteiger partial charge in [-0.25, -0.2) is 4.79 Å². The Bertz CT molecular complexity index is 568. The van der Waals surface area contributed by atoms with Gasteiger partial charge in [0.05, 0.1) is 13.7 Å². The number of hydrogen-bond acceptors (Lipinski definition) is 5. The molecule has 22 heavy (non-hydrogen) atoms. The van der Waals surface area contributed by atoms with Crippen LogP contribution in [0.5, 0.6) is 11.5 Å². The lowest BCUT2D eigenvalue weighted by molar-refractivity contribution is -0.151. The van der Waals surface area contributed by atoms with Gasteiger partial charge in [0, 0.05) is 18.1 Å². The highest BCUT2D eigenvalue weighted by atomic mass is 16.5. The summed E-state index contributed by atoms with van der Waals surface area (Å²) in [5.74, 6) is 1.25. The second-order valence-corrected chi connectivity index (χ2v) is 6.86. The third kappa shape index (κ3) is 3.19. The average Bonchev–Trinajstić information content (AvgIpc) is 2.42. The van der Waals surface area contributed by atoms with E-state index in [1.54, 1.807) is 12.1 Å². The van der Waals surface area contributed by atoms with Gasteiger partial charge in [-0.2, -0.15) is 0 Å². The second-order valence-electron chi connectivity index (χ2n) is 6.86. The molecule has 1 aromatic rings. The Morgan fingerprint density at radius 2 is 2.09 bits per heavy atom. The highest BCUT2D eigenvalue weighted by molar-refractivity contribution is 5.84. The van der Waals surface area contributed by atoms with Crippen LogP contribution < -0.4 is 15.2 Å². The maximum absolute atomic E-state index is 12.2. The minimum absolute atomic E-state index is 0.353. The van der Waals surface area contributed by atoms with E-state index in [2.05, 4.69) is 13.8 Å². The minimum atomic E-state index is -1.21. The van der Waals surface area contributed by atoms with Crippen LogP contribution in [0.4, 0.5) is 0 Å². The van der Waals surface area contributed by atoms with Crippen LogP contribution in [0, 0.1) is 5.92 Å². The number of ether oxygens (including phenoxy) is 3. The number of esters is 1. The molecule has 2 rings (SSSR count). The van der Waals surface area contributed by atoms with Crippen molar-refractivity contribution in [1.82, 2.24) is 0 Å². The monoisotopic (exact) mass is 307 g/mol. The van der Waals surface area contributed by atoms with E-state index < -0.39 is 17.1 Å². The summed E-state index contributed by atoms with van der Waals surface area (Å²) < 4.78 is 16.6. The summed E-state index contributed by atoms with van der Waals surface area (Å²) in [6.07, 6.45) is 0.353. The summed E-state index contributed by atoms with van der Waals surface area (Å²) >= 11 is 0. The number of nitrogens with two attached hydrogens (primary N) is 1. The van der Waals surface area contributed by atoms with Crippen molar-refractivity contribution < 1.29 is 19.0 Å². The van der Waals surface area contributed by atoms with Crippen LogP contribution in [-0.4, -0.2) is 25.3 Å². The van der Waals surface area contributed by atoms with Gasteiger partial charge in [-0.15, -0.1) is 0 Å². The SMILES string of the molecule is COC(=O)C1(N)CC(C)(C)Oc2cc(OCC(C)C)ccc21. The highest BCUT2D eigenvalue weighted by Gasteiger charge is 2.48. The van der Waals surface area contributed by atoms with Crippen LogP contribution >= 0.6 is 0 Å². The molecule has 0 amide bonds. The summed E-state index contributed by atoms with van der Waals surface area (Å²) in [6, 6.07) is 5.40. The van der Waals surface area contributed by atoms with Gasteiger partial charge < -0.3 is 19.9 Å². The normalized spacial score (nSPS) is 22.7. The standard InChI is InChI=1S/C17H25NO4/c1-11(2)9-21-12-6-7-13-14(8-12)22-16(3,4)10-17(13,18)15(19)20-5/h6-8,11H,9-10,18H2,1-5H3. The van der Waals surface area contributed by atoms with Crippen LogP contribution in [0.2, 0.25) is 0 Å². The van der Waals surface area contributed by atoms with Gasteiger partial charge in [0.15, 0.2) is 0 Å². The van der Waals surface area contributed by atoms with Crippen molar-refractivity contribution in [1.29, 1.82) is 0 Å².